The Bertz CT molecular complexity index is 838. The number of nitrogens with one attached hydrogen (secondary N) is 2. The molecule has 0 heterocycles. The van der Waals surface area contributed by atoms with Crippen LogP contribution in [0.25, 0.3) is 0 Å². The maximum absolute atomic E-state index is 13.4. The van der Waals surface area contributed by atoms with Crippen molar-refractivity contribution in [2.45, 2.75) is 0 Å². The van der Waals surface area contributed by atoms with Crippen molar-refractivity contribution in [1.29, 1.82) is 0 Å². The molecule has 0 aliphatic heterocycles. The molecule has 0 aliphatic carbocycles. The molecule has 0 spiro atoms. The molecular weight excluding hydrogens is 331 g/mol. The Morgan fingerprint density at radius 2 is 1.96 bits per heavy atom. The van der Waals surface area contributed by atoms with Crippen LogP contribution in [-0.4, -0.2) is 29.5 Å². The van der Waals surface area contributed by atoms with Gasteiger partial charge in [-0.3, -0.25) is 19.7 Å². The highest BCUT2D eigenvalue weighted by atomic mass is 19.1. The van der Waals surface area contributed by atoms with Crippen LogP contribution in [0.1, 0.15) is 15.9 Å². The number of nitro groups is 1. The van der Waals surface area contributed by atoms with Crippen molar-refractivity contribution >= 4 is 23.7 Å². The number of hydrazone groups is 1. The SMILES string of the molecule is O=C(CNC(=O)c1ccccc1F)N/N=C/c1cccc([N+](=O)[O-])c1. The number of carbonyl (C=O) groups is 2. The normalized spacial score (nSPS) is 10.4. The molecule has 0 fully saturated rings. The molecule has 8 nitrogen and oxygen atoms in total. The van der Waals surface area contributed by atoms with Crippen molar-refractivity contribution in [3.05, 3.63) is 75.6 Å². The van der Waals surface area contributed by atoms with Gasteiger partial charge in [-0.1, -0.05) is 24.3 Å². The van der Waals surface area contributed by atoms with Gasteiger partial charge < -0.3 is 5.32 Å². The number of amides is 2. The van der Waals surface area contributed by atoms with Gasteiger partial charge in [0.05, 0.1) is 23.2 Å². The number of halogens is 1. The van der Waals surface area contributed by atoms with Crippen LogP contribution in [-0.2, 0) is 4.79 Å². The van der Waals surface area contributed by atoms with E-state index < -0.39 is 29.1 Å². The standard InChI is InChI=1S/C16H13FN4O4/c17-14-7-2-1-6-13(14)16(23)18-10-15(22)20-19-9-11-4-3-5-12(8-11)21(24)25/h1-9H,10H2,(H,18,23)(H,20,22)/b19-9+. The van der Waals surface area contributed by atoms with E-state index in [9.17, 15) is 24.1 Å². The first-order valence-corrected chi connectivity index (χ1v) is 7.06. The molecule has 0 unspecified atom stereocenters. The molecule has 2 aromatic carbocycles. The first-order valence-electron chi connectivity index (χ1n) is 7.06. The van der Waals surface area contributed by atoms with E-state index >= 15 is 0 Å². The fraction of sp³-hybridized carbons (Fsp3) is 0.0625. The summed E-state index contributed by atoms with van der Waals surface area (Å²) >= 11 is 0. The Balaban J connectivity index is 1.84. The monoisotopic (exact) mass is 344 g/mol. The summed E-state index contributed by atoms with van der Waals surface area (Å²) in [6.07, 6.45) is 1.23. The van der Waals surface area contributed by atoms with E-state index in [2.05, 4.69) is 15.8 Å². The third kappa shape index (κ3) is 5.20. The quantitative estimate of drug-likeness (QED) is 0.471. The Hall–Kier alpha value is -3.62. The lowest BCUT2D eigenvalue weighted by molar-refractivity contribution is -0.384. The number of carbonyl (C=O) groups excluding carboxylic acids is 2. The number of rotatable bonds is 6. The van der Waals surface area contributed by atoms with E-state index in [0.29, 0.717) is 5.56 Å². The average Bonchev–Trinajstić information content (AvgIpc) is 2.60. The second kappa shape index (κ2) is 8.29. The number of hydrogen-bond donors (Lipinski definition) is 2. The summed E-state index contributed by atoms with van der Waals surface area (Å²) < 4.78 is 13.4. The zero-order valence-corrected chi connectivity index (χ0v) is 12.8. The zero-order chi connectivity index (χ0) is 18.2. The smallest absolute Gasteiger partial charge is 0.270 e. The minimum Gasteiger partial charge on any atom is -0.343 e. The number of benzene rings is 2. The van der Waals surface area contributed by atoms with Gasteiger partial charge in [0.25, 0.3) is 17.5 Å². The van der Waals surface area contributed by atoms with Crippen molar-refractivity contribution in [1.82, 2.24) is 10.7 Å². The summed E-state index contributed by atoms with van der Waals surface area (Å²) in [6.45, 7) is -0.403. The van der Waals surface area contributed by atoms with Gasteiger partial charge in [0.2, 0.25) is 0 Å². The summed E-state index contributed by atoms with van der Waals surface area (Å²) in [6, 6.07) is 11.0. The Labute approximate surface area is 141 Å². The van der Waals surface area contributed by atoms with E-state index in [1.165, 1.54) is 42.6 Å². The molecular formula is C16H13FN4O4. The molecule has 0 saturated carbocycles. The lowest BCUT2D eigenvalue weighted by Gasteiger charge is -2.04. The van der Waals surface area contributed by atoms with Gasteiger partial charge in [-0.25, -0.2) is 9.82 Å². The van der Waals surface area contributed by atoms with E-state index in [0.717, 1.165) is 6.07 Å². The molecule has 2 amide bonds. The number of hydrogen-bond acceptors (Lipinski definition) is 5. The van der Waals surface area contributed by atoms with E-state index in [4.69, 9.17) is 0 Å². The van der Waals surface area contributed by atoms with E-state index in [1.54, 1.807) is 6.07 Å². The molecule has 0 saturated heterocycles. The van der Waals surface area contributed by atoms with Crippen molar-refractivity contribution in [3.63, 3.8) is 0 Å². The molecule has 2 N–H and O–H groups in total. The van der Waals surface area contributed by atoms with Crippen molar-refractivity contribution in [2.75, 3.05) is 6.54 Å². The Kier molecular flexibility index (Phi) is 5.88. The Morgan fingerprint density at radius 3 is 2.68 bits per heavy atom. The highest BCUT2D eigenvalue weighted by Gasteiger charge is 2.11. The van der Waals surface area contributed by atoms with Gasteiger partial charge in [-0.15, -0.1) is 0 Å². The Morgan fingerprint density at radius 1 is 1.20 bits per heavy atom. The van der Waals surface area contributed by atoms with Gasteiger partial charge in [-0.05, 0) is 12.1 Å². The summed E-state index contributed by atoms with van der Waals surface area (Å²) in [4.78, 5) is 33.4. The maximum Gasteiger partial charge on any atom is 0.270 e. The van der Waals surface area contributed by atoms with Gasteiger partial charge >= 0.3 is 0 Å². The summed E-state index contributed by atoms with van der Waals surface area (Å²) in [5, 5.41) is 16.5. The summed E-state index contributed by atoms with van der Waals surface area (Å²) in [7, 11) is 0. The van der Waals surface area contributed by atoms with Crippen LogP contribution >= 0.6 is 0 Å². The predicted octanol–water partition coefficient (Wildman–Crippen LogP) is 1.61. The minimum absolute atomic E-state index is 0.104. The predicted molar refractivity (Wildman–Crippen MR) is 87.6 cm³/mol. The van der Waals surface area contributed by atoms with Gasteiger partial charge in [0.15, 0.2) is 0 Å². The molecule has 0 bridgehead atoms. The first kappa shape index (κ1) is 17.7. The van der Waals surface area contributed by atoms with Crippen LogP contribution in [0.3, 0.4) is 0 Å². The zero-order valence-electron chi connectivity index (χ0n) is 12.8. The molecule has 2 aromatic rings. The first-order chi connectivity index (χ1) is 12.0. The summed E-state index contributed by atoms with van der Waals surface area (Å²) in [5.41, 5.74) is 2.30. The second-order valence-electron chi connectivity index (χ2n) is 4.81. The molecule has 128 valence electrons. The van der Waals surface area contributed by atoms with Crippen LogP contribution < -0.4 is 10.7 Å². The van der Waals surface area contributed by atoms with Crippen molar-refractivity contribution < 1.29 is 18.9 Å². The van der Waals surface area contributed by atoms with Gasteiger partial charge in [0, 0.05) is 17.7 Å². The molecule has 0 atom stereocenters. The highest BCUT2D eigenvalue weighted by Crippen LogP contribution is 2.11. The number of nitro benzene ring substituents is 1. The van der Waals surface area contributed by atoms with Crippen molar-refractivity contribution in [3.8, 4) is 0 Å². The number of nitrogens with zero attached hydrogens (tertiary/aromatic N) is 2. The van der Waals surface area contributed by atoms with E-state index in [-0.39, 0.29) is 11.3 Å². The van der Waals surface area contributed by atoms with Crippen LogP contribution in [0.4, 0.5) is 10.1 Å². The van der Waals surface area contributed by atoms with Crippen LogP contribution in [0, 0.1) is 15.9 Å². The molecule has 25 heavy (non-hydrogen) atoms. The third-order valence-corrected chi connectivity index (χ3v) is 3.01. The van der Waals surface area contributed by atoms with Gasteiger partial charge in [-0.2, -0.15) is 5.10 Å². The van der Waals surface area contributed by atoms with Crippen LogP contribution in [0.15, 0.2) is 53.6 Å². The molecule has 0 aromatic heterocycles. The third-order valence-electron chi connectivity index (χ3n) is 3.01. The molecule has 0 aliphatic rings. The average molecular weight is 344 g/mol. The molecule has 2 rings (SSSR count). The van der Waals surface area contributed by atoms with E-state index in [1.807, 2.05) is 0 Å². The fourth-order valence-electron chi connectivity index (χ4n) is 1.84. The van der Waals surface area contributed by atoms with Crippen LogP contribution in [0.2, 0.25) is 0 Å². The minimum atomic E-state index is -0.726. The molecule has 9 heteroatoms. The number of non-ortho nitro benzene ring substituents is 1. The van der Waals surface area contributed by atoms with Crippen LogP contribution in [0.5, 0.6) is 0 Å². The highest BCUT2D eigenvalue weighted by molar-refractivity contribution is 5.96. The second-order valence-corrected chi connectivity index (χ2v) is 4.81. The van der Waals surface area contributed by atoms with Crippen molar-refractivity contribution in [2.24, 2.45) is 5.10 Å². The van der Waals surface area contributed by atoms with Gasteiger partial charge in [0.1, 0.15) is 5.82 Å². The largest absolute Gasteiger partial charge is 0.343 e. The maximum atomic E-state index is 13.4. The lowest BCUT2D eigenvalue weighted by Crippen LogP contribution is -2.35. The topological polar surface area (TPSA) is 114 Å². The lowest BCUT2D eigenvalue weighted by atomic mass is 10.2. The molecule has 0 radical (unpaired) electrons. The fourth-order valence-corrected chi connectivity index (χ4v) is 1.84. The summed E-state index contributed by atoms with van der Waals surface area (Å²) in [5.74, 6) is -2.05.